The molecule has 0 aliphatic carbocycles. The maximum absolute atomic E-state index is 8.89. The number of fused-ring (bicyclic) bond motifs is 1. The van der Waals surface area contributed by atoms with Gasteiger partial charge in [-0.2, -0.15) is 0 Å². The van der Waals surface area contributed by atoms with E-state index >= 15 is 0 Å². The Hall–Kier alpha value is -1.72. The second-order valence-corrected chi connectivity index (χ2v) is 4.89. The van der Waals surface area contributed by atoms with Gasteiger partial charge in [-0.3, -0.25) is 0 Å². The van der Waals surface area contributed by atoms with Crippen LogP contribution < -0.4 is 0 Å². The van der Waals surface area contributed by atoms with Crippen LogP contribution >= 0.6 is 11.3 Å². The van der Waals surface area contributed by atoms with Gasteiger partial charge in [0.1, 0.15) is 10.5 Å². The minimum Gasteiger partial charge on any atom is -0.441 e. The number of thiazole rings is 1. The largest absolute Gasteiger partial charge is 0.441 e. The summed E-state index contributed by atoms with van der Waals surface area (Å²) in [6.45, 7) is 1.97. The van der Waals surface area contributed by atoms with Crippen LogP contribution in [0.25, 0.3) is 21.7 Å². The van der Waals surface area contributed by atoms with Gasteiger partial charge in [0.15, 0.2) is 11.5 Å². The van der Waals surface area contributed by atoms with Crippen LogP contribution in [0.2, 0.25) is 0 Å². The van der Waals surface area contributed by atoms with Crippen LogP contribution in [-0.4, -0.2) is 21.7 Å². The standard InChI is InChI=1S/C13H12N2O2S/c1-8-14-11-6-9(2-3-12(11)17-8)13-15-10(4-5-16)7-18-13/h2-3,6-7,16H,4-5H2,1H3. The fourth-order valence-electron chi connectivity index (χ4n) is 1.84. The Bertz CT molecular complexity index is 687. The van der Waals surface area contributed by atoms with E-state index in [1.165, 1.54) is 0 Å². The van der Waals surface area contributed by atoms with Crippen molar-refractivity contribution in [2.75, 3.05) is 6.61 Å². The molecule has 2 heterocycles. The van der Waals surface area contributed by atoms with E-state index in [1.54, 1.807) is 11.3 Å². The predicted molar refractivity (Wildman–Crippen MR) is 70.6 cm³/mol. The highest BCUT2D eigenvalue weighted by molar-refractivity contribution is 7.13. The molecule has 0 saturated carbocycles. The van der Waals surface area contributed by atoms with Gasteiger partial charge in [-0.1, -0.05) is 0 Å². The lowest BCUT2D eigenvalue weighted by atomic mass is 10.2. The van der Waals surface area contributed by atoms with Gasteiger partial charge in [0.25, 0.3) is 0 Å². The number of aryl methyl sites for hydroxylation is 1. The number of rotatable bonds is 3. The first kappa shape index (κ1) is 11.4. The Morgan fingerprint density at radius 2 is 2.22 bits per heavy atom. The zero-order valence-electron chi connectivity index (χ0n) is 9.88. The van der Waals surface area contributed by atoms with Gasteiger partial charge in [0.05, 0.1) is 5.69 Å². The average molecular weight is 260 g/mol. The number of benzene rings is 1. The smallest absolute Gasteiger partial charge is 0.192 e. The number of aromatic nitrogens is 2. The molecule has 0 unspecified atom stereocenters. The summed E-state index contributed by atoms with van der Waals surface area (Å²) in [6.07, 6.45) is 0.599. The van der Waals surface area contributed by atoms with Crippen molar-refractivity contribution in [2.24, 2.45) is 0 Å². The van der Waals surface area contributed by atoms with Gasteiger partial charge in [-0.15, -0.1) is 11.3 Å². The van der Waals surface area contributed by atoms with Gasteiger partial charge >= 0.3 is 0 Å². The highest BCUT2D eigenvalue weighted by Gasteiger charge is 2.08. The maximum atomic E-state index is 8.89. The monoisotopic (exact) mass is 260 g/mol. The van der Waals surface area contributed by atoms with Crippen molar-refractivity contribution in [1.29, 1.82) is 0 Å². The molecular formula is C13H12N2O2S. The lowest BCUT2D eigenvalue weighted by Crippen LogP contribution is -1.90. The number of aliphatic hydroxyl groups is 1. The number of nitrogens with zero attached hydrogens (tertiary/aromatic N) is 2. The molecule has 3 rings (SSSR count). The molecule has 0 bridgehead atoms. The molecule has 0 aliphatic rings. The number of hydrogen-bond acceptors (Lipinski definition) is 5. The fourth-order valence-corrected chi connectivity index (χ4v) is 2.70. The van der Waals surface area contributed by atoms with E-state index in [0.717, 1.165) is 27.4 Å². The molecule has 0 radical (unpaired) electrons. The lowest BCUT2D eigenvalue weighted by Gasteiger charge is -1.95. The van der Waals surface area contributed by atoms with Crippen LogP contribution in [0.5, 0.6) is 0 Å². The van der Waals surface area contributed by atoms with E-state index < -0.39 is 0 Å². The van der Waals surface area contributed by atoms with Crippen molar-refractivity contribution in [1.82, 2.24) is 9.97 Å². The molecule has 1 aromatic carbocycles. The van der Waals surface area contributed by atoms with E-state index in [-0.39, 0.29) is 6.61 Å². The molecule has 0 spiro atoms. The Morgan fingerprint density at radius 1 is 1.33 bits per heavy atom. The third-order valence-electron chi connectivity index (χ3n) is 2.66. The molecule has 2 aromatic heterocycles. The van der Waals surface area contributed by atoms with Crippen molar-refractivity contribution in [3.63, 3.8) is 0 Å². The molecule has 0 aliphatic heterocycles. The van der Waals surface area contributed by atoms with Crippen LogP contribution in [0.15, 0.2) is 28.0 Å². The highest BCUT2D eigenvalue weighted by Crippen LogP contribution is 2.27. The number of oxazole rings is 1. The zero-order chi connectivity index (χ0) is 12.5. The van der Waals surface area contributed by atoms with Crippen molar-refractivity contribution < 1.29 is 9.52 Å². The molecule has 18 heavy (non-hydrogen) atoms. The van der Waals surface area contributed by atoms with Crippen LogP contribution in [0, 0.1) is 6.92 Å². The summed E-state index contributed by atoms with van der Waals surface area (Å²) in [7, 11) is 0. The molecular weight excluding hydrogens is 248 g/mol. The molecule has 3 aromatic rings. The summed E-state index contributed by atoms with van der Waals surface area (Å²) in [4.78, 5) is 8.80. The van der Waals surface area contributed by atoms with Crippen molar-refractivity contribution in [3.05, 3.63) is 35.2 Å². The quantitative estimate of drug-likeness (QED) is 0.786. The molecule has 1 N–H and O–H groups in total. The molecule has 92 valence electrons. The second kappa shape index (κ2) is 4.51. The van der Waals surface area contributed by atoms with Crippen LogP contribution in [0.3, 0.4) is 0 Å². The first-order valence-corrected chi connectivity index (χ1v) is 6.57. The lowest BCUT2D eigenvalue weighted by molar-refractivity contribution is 0.298. The summed E-state index contributed by atoms with van der Waals surface area (Å²) < 4.78 is 5.44. The zero-order valence-corrected chi connectivity index (χ0v) is 10.7. The first-order chi connectivity index (χ1) is 8.76. The van der Waals surface area contributed by atoms with Gasteiger partial charge in [0, 0.05) is 30.9 Å². The molecule has 0 amide bonds. The minimum absolute atomic E-state index is 0.130. The van der Waals surface area contributed by atoms with E-state index in [4.69, 9.17) is 9.52 Å². The summed E-state index contributed by atoms with van der Waals surface area (Å²) in [5.41, 5.74) is 3.60. The van der Waals surface area contributed by atoms with E-state index in [9.17, 15) is 0 Å². The summed E-state index contributed by atoms with van der Waals surface area (Å²) in [6, 6.07) is 5.87. The highest BCUT2D eigenvalue weighted by atomic mass is 32.1. The van der Waals surface area contributed by atoms with E-state index in [0.29, 0.717) is 12.3 Å². The van der Waals surface area contributed by atoms with Crippen LogP contribution in [0.1, 0.15) is 11.6 Å². The van der Waals surface area contributed by atoms with E-state index in [1.807, 2.05) is 30.5 Å². The number of aliphatic hydroxyl groups excluding tert-OH is 1. The third-order valence-corrected chi connectivity index (χ3v) is 3.60. The Kier molecular flexibility index (Phi) is 2.85. The number of hydrogen-bond donors (Lipinski definition) is 1. The van der Waals surface area contributed by atoms with Crippen LogP contribution in [0.4, 0.5) is 0 Å². The van der Waals surface area contributed by atoms with Gasteiger partial charge in [-0.05, 0) is 18.2 Å². The first-order valence-electron chi connectivity index (χ1n) is 5.69. The third kappa shape index (κ3) is 2.02. The van der Waals surface area contributed by atoms with Crippen molar-refractivity contribution in [2.45, 2.75) is 13.3 Å². The molecule has 4 nitrogen and oxygen atoms in total. The molecule has 0 atom stereocenters. The SMILES string of the molecule is Cc1nc2cc(-c3nc(CCO)cs3)ccc2o1. The minimum atomic E-state index is 0.130. The second-order valence-electron chi connectivity index (χ2n) is 4.03. The predicted octanol–water partition coefficient (Wildman–Crippen LogP) is 2.79. The summed E-state index contributed by atoms with van der Waals surface area (Å²) >= 11 is 1.58. The molecule has 0 fully saturated rings. The molecule has 0 saturated heterocycles. The van der Waals surface area contributed by atoms with E-state index in [2.05, 4.69) is 9.97 Å². The topological polar surface area (TPSA) is 59.2 Å². The Morgan fingerprint density at radius 3 is 3.06 bits per heavy atom. The van der Waals surface area contributed by atoms with Gasteiger partial charge in [-0.25, -0.2) is 9.97 Å². The van der Waals surface area contributed by atoms with Crippen LogP contribution in [-0.2, 0) is 6.42 Å². The average Bonchev–Trinajstić information content (AvgIpc) is 2.93. The van der Waals surface area contributed by atoms with Crippen molar-refractivity contribution >= 4 is 22.4 Å². The molecule has 5 heteroatoms. The Labute approximate surface area is 108 Å². The normalized spacial score (nSPS) is 11.2. The van der Waals surface area contributed by atoms with Crippen molar-refractivity contribution in [3.8, 4) is 10.6 Å². The van der Waals surface area contributed by atoms with Gasteiger partial charge < -0.3 is 9.52 Å². The summed E-state index contributed by atoms with van der Waals surface area (Å²) in [5.74, 6) is 0.669. The maximum Gasteiger partial charge on any atom is 0.192 e. The Balaban J connectivity index is 2.01. The summed E-state index contributed by atoms with van der Waals surface area (Å²) in [5, 5.41) is 11.8. The van der Waals surface area contributed by atoms with Gasteiger partial charge in [0.2, 0.25) is 0 Å². The fraction of sp³-hybridized carbons (Fsp3) is 0.231.